The van der Waals surface area contributed by atoms with Crippen LogP contribution in [0, 0.1) is 11.3 Å². The minimum atomic E-state index is -0.283. The predicted molar refractivity (Wildman–Crippen MR) is 114 cm³/mol. The van der Waals surface area contributed by atoms with Crippen molar-refractivity contribution < 1.29 is 23.8 Å². The van der Waals surface area contributed by atoms with Crippen LogP contribution in [0.5, 0.6) is 5.75 Å². The first-order valence-corrected chi connectivity index (χ1v) is 10.8. The van der Waals surface area contributed by atoms with E-state index in [2.05, 4.69) is 6.07 Å². The smallest absolute Gasteiger partial charge is 0.257 e. The van der Waals surface area contributed by atoms with Crippen LogP contribution < -0.4 is 4.74 Å². The Morgan fingerprint density at radius 1 is 1.13 bits per heavy atom. The first kappa shape index (κ1) is 23.0. The zero-order chi connectivity index (χ0) is 22.4. The number of hydrogen-bond donors (Lipinski definition) is 0. The second-order valence-corrected chi connectivity index (χ2v) is 8.22. The van der Waals surface area contributed by atoms with Crippen LogP contribution in [-0.2, 0) is 14.3 Å². The zero-order valence-corrected chi connectivity index (χ0v) is 18.5. The lowest BCUT2D eigenvalue weighted by Gasteiger charge is -2.36. The molecule has 0 radical (unpaired) electrons. The summed E-state index contributed by atoms with van der Waals surface area (Å²) in [6.07, 6.45) is 3.04. The van der Waals surface area contributed by atoms with Gasteiger partial charge < -0.3 is 24.0 Å². The van der Waals surface area contributed by atoms with Crippen molar-refractivity contribution in [3.05, 3.63) is 29.3 Å². The molecule has 2 aliphatic rings. The van der Waals surface area contributed by atoms with Gasteiger partial charge in [-0.1, -0.05) is 0 Å². The monoisotopic (exact) mass is 429 g/mol. The number of ether oxygens (including phenoxy) is 3. The van der Waals surface area contributed by atoms with Crippen LogP contribution in [0.15, 0.2) is 18.2 Å². The Labute approximate surface area is 183 Å². The molecule has 168 valence electrons. The molecule has 2 amide bonds. The third kappa shape index (κ3) is 5.75. The Hall–Kier alpha value is -2.63. The minimum absolute atomic E-state index is 0.0244. The van der Waals surface area contributed by atoms with Gasteiger partial charge >= 0.3 is 0 Å². The Kier molecular flexibility index (Phi) is 7.88. The predicted octanol–water partition coefficient (Wildman–Crippen LogP) is 2.21. The Morgan fingerprint density at radius 3 is 2.68 bits per heavy atom. The van der Waals surface area contributed by atoms with E-state index >= 15 is 0 Å². The average molecular weight is 430 g/mol. The summed E-state index contributed by atoms with van der Waals surface area (Å²) in [4.78, 5) is 28.8. The molecule has 0 aromatic heterocycles. The Morgan fingerprint density at radius 2 is 1.94 bits per heavy atom. The van der Waals surface area contributed by atoms with Crippen molar-refractivity contribution in [1.29, 1.82) is 5.26 Å². The third-order valence-electron chi connectivity index (χ3n) is 6.04. The lowest BCUT2D eigenvalue weighted by molar-refractivity contribution is -0.145. The molecule has 0 spiro atoms. The summed E-state index contributed by atoms with van der Waals surface area (Å²) in [6, 6.07) is 6.92. The number of hydrogen-bond acceptors (Lipinski definition) is 6. The quantitative estimate of drug-likeness (QED) is 0.680. The lowest BCUT2D eigenvalue weighted by Crippen LogP contribution is -2.44. The largest absolute Gasteiger partial charge is 0.490 e. The Bertz CT molecular complexity index is 837. The van der Waals surface area contributed by atoms with Crippen molar-refractivity contribution in [2.75, 3.05) is 40.9 Å². The van der Waals surface area contributed by atoms with Crippen LogP contribution in [0.25, 0.3) is 0 Å². The molecule has 0 saturated carbocycles. The number of nitriles is 1. The van der Waals surface area contributed by atoms with Crippen molar-refractivity contribution in [2.45, 2.75) is 50.4 Å². The van der Waals surface area contributed by atoms with Gasteiger partial charge in [0.1, 0.15) is 18.5 Å². The minimum Gasteiger partial charge on any atom is -0.490 e. The second kappa shape index (κ2) is 10.6. The van der Waals surface area contributed by atoms with Gasteiger partial charge in [-0.2, -0.15) is 5.26 Å². The molecule has 1 aromatic carbocycles. The number of rotatable bonds is 1. The number of benzene rings is 1. The van der Waals surface area contributed by atoms with E-state index in [1.54, 1.807) is 49.2 Å². The lowest BCUT2D eigenvalue weighted by atomic mass is 9.99. The van der Waals surface area contributed by atoms with Crippen molar-refractivity contribution in [1.82, 2.24) is 9.80 Å². The van der Waals surface area contributed by atoms with Crippen LogP contribution in [0.4, 0.5) is 0 Å². The fourth-order valence-electron chi connectivity index (χ4n) is 4.06. The molecule has 2 heterocycles. The molecular formula is C23H31N3O5. The summed E-state index contributed by atoms with van der Waals surface area (Å²) in [6.45, 7) is 1.30. The van der Waals surface area contributed by atoms with Gasteiger partial charge in [-0.15, -0.1) is 0 Å². The van der Waals surface area contributed by atoms with Crippen molar-refractivity contribution in [2.24, 2.45) is 0 Å². The summed E-state index contributed by atoms with van der Waals surface area (Å²) in [5.41, 5.74) is 0.720. The highest BCUT2D eigenvalue weighted by atomic mass is 16.6. The molecule has 1 saturated heterocycles. The summed E-state index contributed by atoms with van der Waals surface area (Å²) in [5.74, 6) is 0.232. The molecule has 2 aliphatic heterocycles. The van der Waals surface area contributed by atoms with Crippen LogP contribution in [-0.4, -0.2) is 80.8 Å². The SMILES string of the molecule is CO[C@H]1CC[C@@H]2CCN(C)C(=O)CCCN(C)C(=O)c3cc(C#N)ccc3OC[C@H]1O2. The standard InChI is InChI=1S/C23H31N3O5/c1-25-12-10-17-7-9-20(29-3)21(31-17)15-30-19-8-6-16(14-24)13-18(19)23(28)26(2)11-4-5-22(25)27/h6,8,13,17,20-21H,4-5,7,9-12,15H2,1-3H3/t17-,20+,21-/m1/s1. The highest BCUT2D eigenvalue weighted by Gasteiger charge is 2.32. The molecular weight excluding hydrogens is 398 g/mol. The van der Waals surface area contributed by atoms with Gasteiger partial charge in [0.2, 0.25) is 5.91 Å². The van der Waals surface area contributed by atoms with Gasteiger partial charge in [-0.05, 0) is 43.9 Å². The van der Waals surface area contributed by atoms with E-state index in [0.29, 0.717) is 42.8 Å². The maximum absolute atomic E-state index is 13.1. The van der Waals surface area contributed by atoms with Gasteiger partial charge in [-0.25, -0.2) is 0 Å². The highest BCUT2D eigenvalue weighted by molar-refractivity contribution is 5.97. The maximum Gasteiger partial charge on any atom is 0.257 e. The second-order valence-electron chi connectivity index (χ2n) is 8.22. The number of methoxy groups -OCH3 is 1. The maximum atomic E-state index is 13.1. The van der Waals surface area contributed by atoms with E-state index in [1.807, 2.05) is 0 Å². The van der Waals surface area contributed by atoms with E-state index in [0.717, 1.165) is 19.3 Å². The molecule has 8 heteroatoms. The topological polar surface area (TPSA) is 92.1 Å². The first-order valence-electron chi connectivity index (χ1n) is 10.8. The molecule has 3 rings (SSSR count). The summed E-state index contributed by atoms with van der Waals surface area (Å²) < 4.78 is 17.9. The van der Waals surface area contributed by atoms with Gasteiger partial charge in [0.25, 0.3) is 5.91 Å². The molecule has 0 aliphatic carbocycles. The summed E-state index contributed by atoms with van der Waals surface area (Å²) >= 11 is 0. The number of nitrogens with zero attached hydrogens (tertiary/aromatic N) is 3. The molecule has 31 heavy (non-hydrogen) atoms. The number of amides is 2. The van der Waals surface area contributed by atoms with Gasteiger partial charge in [0.15, 0.2) is 0 Å². The van der Waals surface area contributed by atoms with Gasteiger partial charge in [0.05, 0.1) is 29.4 Å². The Balaban J connectivity index is 1.87. The van der Waals surface area contributed by atoms with Gasteiger partial charge in [0, 0.05) is 40.7 Å². The van der Waals surface area contributed by atoms with E-state index in [9.17, 15) is 14.9 Å². The van der Waals surface area contributed by atoms with E-state index in [4.69, 9.17) is 14.2 Å². The third-order valence-corrected chi connectivity index (χ3v) is 6.04. The van der Waals surface area contributed by atoms with Crippen molar-refractivity contribution in [3.8, 4) is 11.8 Å². The molecule has 2 bridgehead atoms. The molecule has 0 unspecified atom stereocenters. The van der Waals surface area contributed by atoms with Crippen molar-refractivity contribution in [3.63, 3.8) is 0 Å². The van der Waals surface area contributed by atoms with E-state index in [-0.39, 0.29) is 36.7 Å². The van der Waals surface area contributed by atoms with Gasteiger partial charge in [-0.3, -0.25) is 9.59 Å². The average Bonchev–Trinajstić information content (AvgIpc) is 2.79. The number of carbonyl (C=O) groups is 2. The van der Waals surface area contributed by atoms with Crippen LogP contribution in [0.3, 0.4) is 0 Å². The number of carbonyl (C=O) groups excluding carboxylic acids is 2. The van der Waals surface area contributed by atoms with E-state index < -0.39 is 0 Å². The van der Waals surface area contributed by atoms with Crippen molar-refractivity contribution >= 4 is 11.8 Å². The molecule has 0 N–H and O–H groups in total. The molecule has 3 atom stereocenters. The fourth-order valence-corrected chi connectivity index (χ4v) is 4.06. The molecule has 1 aromatic rings. The van der Waals surface area contributed by atoms with E-state index in [1.165, 1.54) is 0 Å². The zero-order valence-electron chi connectivity index (χ0n) is 18.5. The molecule has 1 fully saturated rings. The first-order chi connectivity index (χ1) is 14.9. The summed E-state index contributed by atoms with van der Waals surface area (Å²) in [7, 11) is 5.16. The normalized spacial score (nSPS) is 26.1. The van der Waals surface area contributed by atoms with Crippen LogP contribution in [0.2, 0.25) is 0 Å². The number of fused-ring (bicyclic) bond motifs is 3. The van der Waals surface area contributed by atoms with Crippen LogP contribution in [0.1, 0.15) is 48.0 Å². The highest BCUT2D eigenvalue weighted by Crippen LogP contribution is 2.27. The molecule has 8 nitrogen and oxygen atoms in total. The fraction of sp³-hybridized carbons (Fsp3) is 0.609. The summed E-state index contributed by atoms with van der Waals surface area (Å²) in [5, 5.41) is 9.27. The van der Waals surface area contributed by atoms with Crippen LogP contribution >= 0.6 is 0 Å².